The number of aromatic carboxylic acids is 1. The summed E-state index contributed by atoms with van der Waals surface area (Å²) in [6.07, 6.45) is 2.95. The third kappa shape index (κ3) is 1.54. The van der Waals surface area contributed by atoms with Crippen molar-refractivity contribution in [3.63, 3.8) is 0 Å². The van der Waals surface area contributed by atoms with Crippen molar-refractivity contribution in [2.24, 2.45) is 0 Å². The maximum absolute atomic E-state index is 11.7. The zero-order valence-corrected chi connectivity index (χ0v) is 9.01. The van der Waals surface area contributed by atoms with E-state index in [1.54, 1.807) is 0 Å². The molecule has 2 rings (SSSR count). The zero-order valence-electron chi connectivity index (χ0n) is 8.19. The lowest BCUT2D eigenvalue weighted by atomic mass is 10.5. The highest BCUT2D eigenvalue weighted by atomic mass is 32.2. The van der Waals surface area contributed by atoms with Crippen molar-refractivity contribution in [1.29, 1.82) is 0 Å². The second-order valence-corrected chi connectivity index (χ2v) is 3.72. The lowest BCUT2D eigenvalue weighted by Crippen LogP contribution is -2.29. The molecule has 16 heavy (non-hydrogen) atoms. The topological polar surface area (TPSA) is 102 Å². The van der Waals surface area contributed by atoms with Gasteiger partial charge < -0.3 is 5.11 Å². The fraction of sp³-hybridized carbons (Fsp3) is 0.286. The van der Waals surface area contributed by atoms with Crippen LogP contribution in [-0.2, 0) is 5.88 Å². The van der Waals surface area contributed by atoms with E-state index in [9.17, 15) is 9.59 Å². The van der Waals surface area contributed by atoms with E-state index in [1.807, 2.05) is 6.26 Å². The number of hydrogen-bond acceptors (Lipinski definition) is 6. The van der Waals surface area contributed by atoms with Gasteiger partial charge in [0, 0.05) is 0 Å². The summed E-state index contributed by atoms with van der Waals surface area (Å²) in [7, 11) is 0. The molecule has 2 aromatic heterocycles. The van der Waals surface area contributed by atoms with Crippen LogP contribution in [0.4, 0.5) is 0 Å². The van der Waals surface area contributed by atoms with E-state index in [2.05, 4.69) is 15.3 Å². The fourth-order valence-corrected chi connectivity index (χ4v) is 1.60. The van der Waals surface area contributed by atoms with Crippen LogP contribution in [0.2, 0.25) is 0 Å². The summed E-state index contributed by atoms with van der Waals surface area (Å²) in [4.78, 5) is 26.1. The first kappa shape index (κ1) is 10.6. The molecule has 9 heteroatoms. The molecule has 0 bridgehead atoms. The number of rotatable bonds is 3. The number of aromatic nitrogens is 5. The summed E-state index contributed by atoms with van der Waals surface area (Å²) >= 11 is 1.40. The highest BCUT2D eigenvalue weighted by Gasteiger charge is 2.16. The quantitative estimate of drug-likeness (QED) is 0.758. The number of carboxylic acid groups (broad SMARTS) is 1. The summed E-state index contributed by atoms with van der Waals surface area (Å²) in [6, 6.07) is 0. The molecule has 0 radical (unpaired) electrons. The molecule has 8 nitrogen and oxygen atoms in total. The summed E-state index contributed by atoms with van der Waals surface area (Å²) in [5.41, 5.74) is -0.782. The average molecular weight is 241 g/mol. The van der Waals surface area contributed by atoms with Gasteiger partial charge in [-0.1, -0.05) is 5.21 Å². The Morgan fingerprint density at radius 2 is 2.38 bits per heavy atom. The SMILES string of the molecule is CSCn1nnc2c(C(=O)O)ncn2c1=O. The number of hydrogen-bond donors (Lipinski definition) is 1. The maximum atomic E-state index is 11.7. The molecule has 0 saturated carbocycles. The third-order valence-electron chi connectivity index (χ3n) is 1.87. The summed E-state index contributed by atoms with van der Waals surface area (Å²) < 4.78 is 2.19. The van der Waals surface area contributed by atoms with Crippen LogP contribution in [0.5, 0.6) is 0 Å². The molecule has 84 valence electrons. The van der Waals surface area contributed by atoms with Crippen LogP contribution in [0.3, 0.4) is 0 Å². The van der Waals surface area contributed by atoms with E-state index >= 15 is 0 Å². The van der Waals surface area contributed by atoms with Crippen LogP contribution in [0.25, 0.3) is 5.65 Å². The molecule has 0 aliphatic carbocycles. The van der Waals surface area contributed by atoms with Crippen LogP contribution in [0.1, 0.15) is 10.5 Å². The third-order valence-corrected chi connectivity index (χ3v) is 2.37. The van der Waals surface area contributed by atoms with Crippen molar-refractivity contribution in [2.45, 2.75) is 5.88 Å². The smallest absolute Gasteiger partial charge is 0.358 e. The number of fused-ring (bicyclic) bond motifs is 1. The minimum Gasteiger partial charge on any atom is -0.476 e. The van der Waals surface area contributed by atoms with Crippen LogP contribution in [0.15, 0.2) is 11.1 Å². The van der Waals surface area contributed by atoms with Crippen molar-refractivity contribution in [1.82, 2.24) is 24.4 Å². The molecule has 1 N–H and O–H groups in total. The lowest BCUT2D eigenvalue weighted by Gasteiger charge is -2.00. The van der Waals surface area contributed by atoms with Crippen LogP contribution >= 0.6 is 11.8 Å². The molecule has 0 amide bonds. The molecule has 0 aliphatic heterocycles. The first-order valence-electron chi connectivity index (χ1n) is 4.18. The van der Waals surface area contributed by atoms with Gasteiger partial charge >= 0.3 is 11.7 Å². The fourth-order valence-electron chi connectivity index (χ4n) is 1.19. The Balaban J connectivity index is 2.69. The Morgan fingerprint density at radius 3 is 3.00 bits per heavy atom. The van der Waals surface area contributed by atoms with Crippen molar-refractivity contribution < 1.29 is 9.90 Å². The molecule has 2 heterocycles. The summed E-state index contributed by atoms with van der Waals surface area (Å²) in [6.45, 7) is 0. The van der Waals surface area contributed by atoms with E-state index in [-0.39, 0.29) is 11.3 Å². The zero-order chi connectivity index (χ0) is 11.7. The average Bonchev–Trinajstić information content (AvgIpc) is 2.67. The molecule has 0 fully saturated rings. The van der Waals surface area contributed by atoms with Gasteiger partial charge in [-0.25, -0.2) is 19.0 Å². The van der Waals surface area contributed by atoms with Gasteiger partial charge in [-0.2, -0.15) is 4.68 Å². The van der Waals surface area contributed by atoms with Crippen molar-refractivity contribution in [3.8, 4) is 0 Å². The van der Waals surface area contributed by atoms with Gasteiger partial charge in [-0.15, -0.1) is 16.9 Å². The Kier molecular flexibility index (Phi) is 2.60. The Hall–Kier alpha value is -1.90. The van der Waals surface area contributed by atoms with Gasteiger partial charge in [-0.05, 0) is 6.26 Å². The predicted octanol–water partition coefficient (Wildman–Crippen LogP) is -0.695. The molecule has 0 spiro atoms. The van der Waals surface area contributed by atoms with Gasteiger partial charge in [0.25, 0.3) is 0 Å². The van der Waals surface area contributed by atoms with E-state index < -0.39 is 11.7 Å². The van der Waals surface area contributed by atoms with Crippen LogP contribution in [-0.4, -0.2) is 41.7 Å². The van der Waals surface area contributed by atoms with Crippen LogP contribution in [0, 0.1) is 0 Å². The summed E-state index contributed by atoms with van der Waals surface area (Å²) in [5, 5.41) is 16.1. The minimum atomic E-state index is -1.24. The highest BCUT2D eigenvalue weighted by Crippen LogP contribution is 2.02. The second-order valence-electron chi connectivity index (χ2n) is 2.88. The molecular weight excluding hydrogens is 234 g/mol. The molecular formula is C7H7N5O3S. The lowest BCUT2D eigenvalue weighted by molar-refractivity contribution is 0.0693. The number of imidazole rings is 1. The number of carbonyl (C=O) groups is 1. The van der Waals surface area contributed by atoms with E-state index in [0.29, 0.717) is 5.88 Å². The van der Waals surface area contributed by atoms with Gasteiger partial charge in [0.1, 0.15) is 6.33 Å². The van der Waals surface area contributed by atoms with Gasteiger partial charge in [0.15, 0.2) is 11.3 Å². The first-order chi connectivity index (χ1) is 7.65. The second kappa shape index (κ2) is 3.93. The number of nitrogens with zero attached hydrogens (tertiary/aromatic N) is 5. The van der Waals surface area contributed by atoms with Crippen molar-refractivity contribution in [2.75, 3.05) is 6.26 Å². The predicted molar refractivity (Wildman–Crippen MR) is 55.5 cm³/mol. The largest absolute Gasteiger partial charge is 0.476 e. The maximum Gasteiger partial charge on any atom is 0.358 e. The monoisotopic (exact) mass is 241 g/mol. The molecule has 2 aromatic rings. The Bertz CT molecular complexity index is 604. The number of thioether (sulfide) groups is 1. The molecule has 0 aliphatic rings. The highest BCUT2D eigenvalue weighted by molar-refractivity contribution is 7.97. The first-order valence-corrected chi connectivity index (χ1v) is 5.57. The van der Waals surface area contributed by atoms with E-state index in [0.717, 1.165) is 15.4 Å². The van der Waals surface area contributed by atoms with E-state index in [1.165, 1.54) is 11.8 Å². The van der Waals surface area contributed by atoms with Gasteiger partial charge in [0.05, 0.1) is 5.88 Å². The Labute approximate surface area is 92.9 Å². The minimum absolute atomic E-state index is 0.0464. The normalized spacial score (nSPS) is 10.8. The van der Waals surface area contributed by atoms with Gasteiger partial charge in [-0.3, -0.25) is 0 Å². The standard InChI is InChI=1S/C7H7N5O3S/c1-16-3-12-7(15)11-2-8-4(6(13)14)5(11)9-10-12/h2H,3H2,1H3,(H,13,14). The van der Waals surface area contributed by atoms with Crippen molar-refractivity contribution in [3.05, 3.63) is 22.5 Å². The van der Waals surface area contributed by atoms with Gasteiger partial charge in [0.2, 0.25) is 0 Å². The molecule has 0 unspecified atom stereocenters. The van der Waals surface area contributed by atoms with Crippen molar-refractivity contribution >= 4 is 23.4 Å². The molecule has 0 atom stereocenters. The molecule has 0 saturated heterocycles. The van der Waals surface area contributed by atoms with E-state index in [4.69, 9.17) is 5.11 Å². The van der Waals surface area contributed by atoms with Crippen LogP contribution < -0.4 is 5.69 Å². The molecule has 0 aromatic carbocycles. The summed E-state index contributed by atoms with van der Waals surface area (Å²) in [5.74, 6) is -0.888. The Morgan fingerprint density at radius 1 is 1.62 bits per heavy atom. The number of carboxylic acids is 1.